The number of ether oxygens (including phenoxy) is 1. The van der Waals surface area contributed by atoms with E-state index in [4.69, 9.17) is 9.84 Å². The quantitative estimate of drug-likeness (QED) is 0.653. The first-order valence-electron chi connectivity index (χ1n) is 6.08. The fraction of sp³-hybridized carbons (Fsp3) is 0.818. The van der Waals surface area contributed by atoms with E-state index >= 15 is 0 Å². The summed E-state index contributed by atoms with van der Waals surface area (Å²) in [5, 5.41) is 18.3. The Morgan fingerprint density at radius 2 is 2.05 bits per heavy atom. The van der Waals surface area contributed by atoms with Gasteiger partial charge in [-0.3, -0.25) is 4.79 Å². The summed E-state index contributed by atoms with van der Waals surface area (Å²) in [6.45, 7) is 1.61. The third-order valence-corrected chi connectivity index (χ3v) is 6.30. The lowest BCUT2D eigenvalue weighted by molar-refractivity contribution is -0.169. The summed E-state index contributed by atoms with van der Waals surface area (Å²) < 4.78 is 28.6. The number of sulfone groups is 1. The van der Waals surface area contributed by atoms with Crippen LogP contribution in [0.3, 0.4) is 0 Å². The van der Waals surface area contributed by atoms with Gasteiger partial charge in [0.25, 0.3) is 0 Å². The molecular weight excluding hydrogens is 276 g/mol. The number of carbonyl (C=O) groups excluding carboxylic acids is 1. The fourth-order valence-corrected chi connectivity index (χ4v) is 5.63. The SMILES string of the molecule is CCOC(=O)[C@@]1(O)C[C@@H](C(=O)O)[C@H]2[C@@H]1CCS2(=O)=O. The van der Waals surface area contributed by atoms with Crippen LogP contribution in [-0.4, -0.2) is 53.8 Å². The van der Waals surface area contributed by atoms with Crippen LogP contribution in [0.5, 0.6) is 0 Å². The summed E-state index contributed by atoms with van der Waals surface area (Å²) in [7, 11) is -3.59. The Balaban J connectivity index is 2.41. The Morgan fingerprint density at radius 1 is 1.42 bits per heavy atom. The molecule has 2 rings (SSSR count). The van der Waals surface area contributed by atoms with E-state index in [0.717, 1.165) is 0 Å². The maximum absolute atomic E-state index is 11.9. The summed E-state index contributed by atoms with van der Waals surface area (Å²) in [5.74, 6) is -4.58. The van der Waals surface area contributed by atoms with Crippen molar-refractivity contribution >= 4 is 21.8 Å². The fourth-order valence-electron chi connectivity index (χ4n) is 3.20. The first-order valence-corrected chi connectivity index (χ1v) is 7.79. The van der Waals surface area contributed by atoms with Crippen LogP contribution in [0, 0.1) is 11.8 Å². The lowest BCUT2D eigenvalue weighted by Gasteiger charge is -2.25. The molecule has 2 fully saturated rings. The number of aliphatic carboxylic acids is 1. The molecule has 1 saturated carbocycles. The largest absolute Gasteiger partial charge is 0.481 e. The van der Waals surface area contributed by atoms with Gasteiger partial charge in [-0.1, -0.05) is 0 Å². The average molecular weight is 292 g/mol. The minimum absolute atomic E-state index is 0.0447. The Hall–Kier alpha value is -1.15. The van der Waals surface area contributed by atoms with Gasteiger partial charge in [-0.2, -0.15) is 0 Å². The number of hydrogen-bond donors (Lipinski definition) is 2. The number of carboxylic acids is 1. The molecule has 1 saturated heterocycles. The minimum Gasteiger partial charge on any atom is -0.481 e. The molecule has 7 nitrogen and oxygen atoms in total. The number of esters is 1. The number of carboxylic acid groups (broad SMARTS) is 1. The molecule has 0 aromatic heterocycles. The number of carbonyl (C=O) groups is 2. The lowest BCUT2D eigenvalue weighted by atomic mass is 9.89. The van der Waals surface area contributed by atoms with Gasteiger partial charge in [0.1, 0.15) is 0 Å². The minimum atomic E-state index is -3.59. The van der Waals surface area contributed by atoms with E-state index in [2.05, 4.69) is 0 Å². The zero-order chi connectivity index (χ0) is 14.4. The van der Waals surface area contributed by atoms with Crippen LogP contribution < -0.4 is 0 Å². The van der Waals surface area contributed by atoms with Crippen LogP contribution in [0.25, 0.3) is 0 Å². The lowest BCUT2D eigenvalue weighted by Crippen LogP contribution is -2.44. The van der Waals surface area contributed by atoms with E-state index in [1.54, 1.807) is 6.92 Å². The first-order chi connectivity index (χ1) is 8.74. The second-order valence-electron chi connectivity index (χ2n) is 5.02. The highest BCUT2D eigenvalue weighted by molar-refractivity contribution is 7.92. The molecule has 108 valence electrons. The van der Waals surface area contributed by atoms with E-state index < -0.39 is 50.9 Å². The van der Waals surface area contributed by atoms with E-state index in [1.165, 1.54) is 0 Å². The van der Waals surface area contributed by atoms with Crippen molar-refractivity contribution in [3.8, 4) is 0 Å². The van der Waals surface area contributed by atoms with Crippen molar-refractivity contribution in [3.63, 3.8) is 0 Å². The Morgan fingerprint density at radius 3 is 2.58 bits per heavy atom. The van der Waals surface area contributed by atoms with Gasteiger partial charge in [0.15, 0.2) is 15.4 Å². The molecule has 2 aliphatic rings. The summed E-state index contributed by atoms with van der Waals surface area (Å²) >= 11 is 0. The molecule has 0 unspecified atom stereocenters. The Bertz CT molecular complexity index is 511. The highest BCUT2D eigenvalue weighted by atomic mass is 32.2. The van der Waals surface area contributed by atoms with Crippen molar-refractivity contribution in [2.45, 2.75) is 30.6 Å². The molecule has 0 spiro atoms. The standard InChI is InChI=1S/C11H16O7S/c1-2-18-10(14)11(15)5-6(9(12)13)8-7(11)3-4-19(8,16)17/h6-8,15H,2-5H2,1H3,(H,12,13)/t6-,7+,8+,11-/m1/s1. The van der Waals surface area contributed by atoms with Crippen molar-refractivity contribution in [2.24, 2.45) is 11.8 Å². The third-order valence-electron chi connectivity index (χ3n) is 4.01. The van der Waals surface area contributed by atoms with E-state index in [9.17, 15) is 23.1 Å². The molecule has 8 heteroatoms. The van der Waals surface area contributed by atoms with Crippen molar-refractivity contribution in [3.05, 3.63) is 0 Å². The molecule has 0 radical (unpaired) electrons. The molecule has 19 heavy (non-hydrogen) atoms. The maximum Gasteiger partial charge on any atom is 0.338 e. The van der Waals surface area contributed by atoms with Crippen LogP contribution in [0.15, 0.2) is 0 Å². The third kappa shape index (κ3) is 2.02. The van der Waals surface area contributed by atoms with Gasteiger partial charge < -0.3 is 14.9 Å². The molecular formula is C11H16O7S. The van der Waals surface area contributed by atoms with Gasteiger partial charge in [-0.05, 0) is 13.3 Å². The van der Waals surface area contributed by atoms with Crippen molar-refractivity contribution in [1.82, 2.24) is 0 Å². The van der Waals surface area contributed by atoms with Crippen LogP contribution in [0.4, 0.5) is 0 Å². The average Bonchev–Trinajstić information content (AvgIpc) is 2.78. The van der Waals surface area contributed by atoms with Gasteiger partial charge in [-0.15, -0.1) is 0 Å². The monoisotopic (exact) mass is 292 g/mol. The molecule has 2 N–H and O–H groups in total. The highest BCUT2D eigenvalue weighted by Gasteiger charge is 2.66. The zero-order valence-corrected chi connectivity index (χ0v) is 11.2. The second kappa shape index (κ2) is 4.45. The smallest absolute Gasteiger partial charge is 0.338 e. The molecule has 1 aliphatic carbocycles. The molecule has 0 bridgehead atoms. The van der Waals surface area contributed by atoms with Crippen molar-refractivity contribution < 1.29 is 33.0 Å². The summed E-state index contributed by atoms with van der Waals surface area (Å²) in [6.07, 6.45) is -0.318. The van der Waals surface area contributed by atoms with Crippen LogP contribution >= 0.6 is 0 Å². The predicted molar refractivity (Wildman–Crippen MR) is 63.0 cm³/mol. The van der Waals surface area contributed by atoms with Gasteiger partial charge in [0.2, 0.25) is 0 Å². The van der Waals surface area contributed by atoms with Gasteiger partial charge in [0, 0.05) is 12.3 Å². The molecule has 0 aromatic rings. The zero-order valence-electron chi connectivity index (χ0n) is 10.4. The number of aliphatic hydroxyl groups is 1. The highest BCUT2D eigenvalue weighted by Crippen LogP contribution is 2.50. The second-order valence-corrected chi connectivity index (χ2v) is 7.30. The van der Waals surface area contributed by atoms with Crippen LogP contribution in [-0.2, 0) is 24.2 Å². The van der Waals surface area contributed by atoms with E-state index in [1.807, 2.05) is 0 Å². The molecule has 0 amide bonds. The topological polar surface area (TPSA) is 118 Å². The Labute approximate surface area is 110 Å². The summed E-state index contributed by atoms with van der Waals surface area (Å²) in [4.78, 5) is 23.0. The molecule has 1 aliphatic heterocycles. The van der Waals surface area contributed by atoms with Crippen molar-refractivity contribution in [2.75, 3.05) is 12.4 Å². The van der Waals surface area contributed by atoms with Crippen molar-refractivity contribution in [1.29, 1.82) is 0 Å². The van der Waals surface area contributed by atoms with Gasteiger partial charge in [-0.25, -0.2) is 13.2 Å². The number of fused-ring (bicyclic) bond motifs is 1. The van der Waals surface area contributed by atoms with Gasteiger partial charge >= 0.3 is 11.9 Å². The first kappa shape index (κ1) is 14.3. The van der Waals surface area contributed by atoms with Gasteiger partial charge in [0.05, 0.1) is 23.5 Å². The Kier molecular flexibility index (Phi) is 3.34. The normalized spacial score (nSPS) is 39.8. The summed E-state index contributed by atoms with van der Waals surface area (Å²) in [6, 6.07) is 0. The van der Waals surface area contributed by atoms with E-state index in [0.29, 0.717) is 0 Å². The summed E-state index contributed by atoms with van der Waals surface area (Å²) in [5.41, 5.74) is -2.01. The van der Waals surface area contributed by atoms with Crippen LogP contribution in [0.2, 0.25) is 0 Å². The molecule has 0 aromatic carbocycles. The number of rotatable bonds is 3. The number of hydrogen-bond acceptors (Lipinski definition) is 6. The maximum atomic E-state index is 11.9. The molecule has 4 atom stereocenters. The predicted octanol–water partition coefficient (Wildman–Crippen LogP) is -0.812. The van der Waals surface area contributed by atoms with Crippen LogP contribution in [0.1, 0.15) is 19.8 Å². The van der Waals surface area contributed by atoms with E-state index in [-0.39, 0.29) is 18.8 Å². The molecule has 1 heterocycles.